The summed E-state index contributed by atoms with van der Waals surface area (Å²) in [5, 5.41) is 5.36. The lowest BCUT2D eigenvalue weighted by Gasteiger charge is -2.55. The summed E-state index contributed by atoms with van der Waals surface area (Å²) in [7, 11) is 3.98. The first-order valence-electron chi connectivity index (χ1n) is 7.55. The third kappa shape index (κ3) is 2.22. The van der Waals surface area contributed by atoms with Crippen LogP contribution in [0, 0.1) is 5.41 Å². The zero-order chi connectivity index (χ0) is 16.1. The van der Waals surface area contributed by atoms with Crippen molar-refractivity contribution in [3.8, 4) is 0 Å². The van der Waals surface area contributed by atoms with Crippen molar-refractivity contribution in [2.24, 2.45) is 12.5 Å². The van der Waals surface area contributed by atoms with Crippen LogP contribution in [0.2, 0.25) is 0 Å². The summed E-state index contributed by atoms with van der Waals surface area (Å²) in [6, 6.07) is 0.384. The van der Waals surface area contributed by atoms with Crippen LogP contribution < -0.4 is 4.90 Å². The number of ether oxygens (including phenoxy) is 1. The van der Waals surface area contributed by atoms with E-state index in [0.29, 0.717) is 12.1 Å². The zero-order valence-corrected chi connectivity index (χ0v) is 15.3. The molecule has 2 atom stereocenters. The van der Waals surface area contributed by atoms with Gasteiger partial charge in [0.1, 0.15) is 16.7 Å². The second-order valence-electron chi connectivity index (χ2n) is 6.44. The first-order valence-corrected chi connectivity index (χ1v) is 8.34. The lowest BCUT2D eigenvalue weighted by Crippen LogP contribution is -2.61. The van der Waals surface area contributed by atoms with Crippen molar-refractivity contribution >= 4 is 32.8 Å². The van der Waals surface area contributed by atoms with Gasteiger partial charge in [0.25, 0.3) is 0 Å². The van der Waals surface area contributed by atoms with Crippen LogP contribution >= 0.6 is 15.9 Å². The molecule has 120 valence electrons. The van der Waals surface area contributed by atoms with Gasteiger partial charge >= 0.3 is 0 Å². The molecule has 0 radical (unpaired) electrons. The van der Waals surface area contributed by atoms with Crippen LogP contribution in [0.4, 0.5) is 5.82 Å². The average molecular weight is 368 g/mol. The highest BCUT2D eigenvalue weighted by Crippen LogP contribution is 2.47. The van der Waals surface area contributed by atoms with Crippen LogP contribution in [0.25, 0.3) is 11.0 Å². The van der Waals surface area contributed by atoms with E-state index in [2.05, 4.69) is 56.8 Å². The van der Waals surface area contributed by atoms with Crippen LogP contribution in [0.3, 0.4) is 0 Å². The van der Waals surface area contributed by atoms with E-state index in [1.54, 1.807) is 11.0 Å². The van der Waals surface area contributed by atoms with Gasteiger partial charge in [-0.25, -0.2) is 14.6 Å². The molecule has 1 saturated carbocycles. The smallest absolute Gasteiger partial charge is 0.164 e. The Hall–Kier alpha value is -1.21. The Morgan fingerprint density at radius 1 is 1.45 bits per heavy atom. The van der Waals surface area contributed by atoms with Crippen molar-refractivity contribution in [2.45, 2.75) is 39.3 Å². The zero-order valence-electron chi connectivity index (χ0n) is 13.7. The monoisotopic (exact) mass is 367 g/mol. The number of aryl methyl sites for hydroxylation is 1. The maximum atomic E-state index is 5.84. The molecule has 1 fully saturated rings. The first-order chi connectivity index (χ1) is 10.4. The molecule has 2 unspecified atom stereocenters. The van der Waals surface area contributed by atoms with Crippen LogP contribution in [-0.4, -0.2) is 45.5 Å². The van der Waals surface area contributed by atoms with Crippen LogP contribution in [-0.2, 0) is 11.8 Å². The van der Waals surface area contributed by atoms with Crippen molar-refractivity contribution in [3.05, 3.63) is 10.9 Å². The van der Waals surface area contributed by atoms with Gasteiger partial charge in [0.15, 0.2) is 5.65 Å². The molecular weight excluding hydrogens is 346 g/mol. The van der Waals surface area contributed by atoms with Crippen molar-refractivity contribution in [2.75, 3.05) is 18.6 Å². The molecule has 0 aromatic carbocycles. The summed E-state index contributed by atoms with van der Waals surface area (Å²) in [4.78, 5) is 11.1. The summed E-state index contributed by atoms with van der Waals surface area (Å²) in [5.74, 6) is 0.915. The fourth-order valence-electron chi connectivity index (χ4n) is 3.45. The molecule has 3 rings (SSSR count). The minimum Gasteiger partial charge on any atom is -0.378 e. The molecule has 0 bridgehead atoms. The molecule has 1 aliphatic carbocycles. The van der Waals surface area contributed by atoms with Gasteiger partial charge in [-0.15, -0.1) is 0 Å². The molecular formula is C15H22BrN5O. The lowest BCUT2D eigenvalue weighted by atomic mass is 9.64. The highest BCUT2D eigenvalue weighted by Gasteiger charge is 2.51. The molecule has 7 heteroatoms. The number of nitrogens with zero attached hydrogens (tertiary/aromatic N) is 5. The third-order valence-electron chi connectivity index (χ3n) is 4.85. The number of anilines is 1. The number of halogens is 1. The van der Waals surface area contributed by atoms with E-state index in [9.17, 15) is 0 Å². The largest absolute Gasteiger partial charge is 0.378 e. The van der Waals surface area contributed by atoms with Gasteiger partial charge in [-0.3, -0.25) is 0 Å². The SMILES string of the molecule is CCOC1CC(N(C)c2ncnc3c2c(Br)nn3C)C1(C)C. The summed E-state index contributed by atoms with van der Waals surface area (Å²) >= 11 is 3.53. The predicted octanol–water partition coefficient (Wildman–Crippen LogP) is 2.77. The van der Waals surface area contributed by atoms with E-state index < -0.39 is 0 Å². The molecule has 6 nitrogen and oxygen atoms in total. The molecule has 22 heavy (non-hydrogen) atoms. The average Bonchev–Trinajstić information content (AvgIpc) is 2.77. The molecule has 0 spiro atoms. The Morgan fingerprint density at radius 3 is 2.82 bits per heavy atom. The fraction of sp³-hybridized carbons (Fsp3) is 0.667. The molecule has 2 heterocycles. The maximum Gasteiger partial charge on any atom is 0.164 e. The Bertz CT molecular complexity index is 699. The molecule has 2 aromatic heterocycles. The fourth-order valence-corrected chi connectivity index (χ4v) is 4.04. The molecule has 1 aliphatic rings. The van der Waals surface area contributed by atoms with Crippen molar-refractivity contribution in [1.82, 2.24) is 19.7 Å². The summed E-state index contributed by atoms with van der Waals surface area (Å²) < 4.78 is 8.39. The second kappa shape index (κ2) is 5.45. The van der Waals surface area contributed by atoms with Crippen molar-refractivity contribution in [3.63, 3.8) is 0 Å². The Balaban J connectivity index is 1.96. The van der Waals surface area contributed by atoms with Crippen LogP contribution in [0.1, 0.15) is 27.2 Å². The van der Waals surface area contributed by atoms with E-state index in [0.717, 1.165) is 34.5 Å². The second-order valence-corrected chi connectivity index (χ2v) is 7.19. The highest BCUT2D eigenvalue weighted by atomic mass is 79.9. The van der Waals surface area contributed by atoms with Crippen molar-refractivity contribution < 1.29 is 4.74 Å². The molecule has 2 aromatic rings. The van der Waals surface area contributed by atoms with E-state index in [4.69, 9.17) is 4.74 Å². The minimum atomic E-state index is 0.0940. The quantitative estimate of drug-likeness (QED) is 0.831. The lowest BCUT2D eigenvalue weighted by molar-refractivity contribution is -0.104. The van der Waals surface area contributed by atoms with E-state index in [1.807, 2.05) is 14.0 Å². The standard InChI is InChI=1S/C15H22BrN5O/c1-6-22-10-7-9(15(10,2)3)20(4)13-11-12(16)19-21(5)14(11)18-8-17-13/h8-10H,6-7H2,1-5H3. The number of aromatic nitrogens is 4. The van der Waals surface area contributed by atoms with Gasteiger partial charge in [-0.1, -0.05) is 13.8 Å². The number of rotatable bonds is 4. The van der Waals surface area contributed by atoms with Gasteiger partial charge in [-0.05, 0) is 29.3 Å². The summed E-state index contributed by atoms with van der Waals surface area (Å²) in [6.07, 6.45) is 2.92. The first kappa shape index (κ1) is 15.7. The number of fused-ring (bicyclic) bond motifs is 1. The van der Waals surface area contributed by atoms with Gasteiger partial charge in [0.2, 0.25) is 0 Å². The molecule has 0 saturated heterocycles. The molecule has 0 aliphatic heterocycles. The summed E-state index contributed by atoms with van der Waals surface area (Å²) in [6.45, 7) is 7.33. The maximum absolute atomic E-state index is 5.84. The highest BCUT2D eigenvalue weighted by molar-refractivity contribution is 9.10. The van der Waals surface area contributed by atoms with Crippen molar-refractivity contribution in [1.29, 1.82) is 0 Å². The van der Waals surface area contributed by atoms with Gasteiger partial charge in [-0.2, -0.15) is 5.10 Å². The van der Waals surface area contributed by atoms with Crippen LogP contribution in [0.5, 0.6) is 0 Å². The molecule has 0 N–H and O–H groups in total. The van der Waals surface area contributed by atoms with Gasteiger partial charge in [0, 0.05) is 32.2 Å². The van der Waals surface area contributed by atoms with Gasteiger partial charge < -0.3 is 9.64 Å². The Kier molecular flexibility index (Phi) is 3.89. The van der Waals surface area contributed by atoms with E-state index >= 15 is 0 Å². The Labute approximate surface area is 139 Å². The normalized spacial score (nSPS) is 23.5. The topological polar surface area (TPSA) is 56.1 Å². The van der Waals surface area contributed by atoms with E-state index in [1.165, 1.54) is 0 Å². The van der Waals surface area contributed by atoms with Gasteiger partial charge in [0.05, 0.1) is 11.5 Å². The van der Waals surface area contributed by atoms with Crippen LogP contribution in [0.15, 0.2) is 10.9 Å². The predicted molar refractivity (Wildman–Crippen MR) is 90.0 cm³/mol. The third-order valence-corrected chi connectivity index (χ3v) is 5.41. The van der Waals surface area contributed by atoms with E-state index in [-0.39, 0.29) is 5.41 Å². The number of hydrogen-bond acceptors (Lipinski definition) is 5. The summed E-state index contributed by atoms with van der Waals surface area (Å²) in [5.41, 5.74) is 0.929. The minimum absolute atomic E-state index is 0.0940. The molecule has 0 amide bonds. The Morgan fingerprint density at radius 2 is 2.18 bits per heavy atom. The number of hydrogen-bond donors (Lipinski definition) is 0.